The molecule has 0 spiro atoms. The third kappa shape index (κ3) is 3.81. The van der Waals surface area contributed by atoms with Gasteiger partial charge in [0.1, 0.15) is 11.5 Å². The summed E-state index contributed by atoms with van der Waals surface area (Å²) in [5.41, 5.74) is 11.9. The Balaban J connectivity index is 0.00000289. The van der Waals surface area contributed by atoms with Crippen molar-refractivity contribution in [1.82, 2.24) is 29.1 Å². The summed E-state index contributed by atoms with van der Waals surface area (Å²) in [7, 11) is 2.09. The van der Waals surface area contributed by atoms with Crippen LogP contribution in [-0.4, -0.2) is 24.1 Å². The zero-order valence-electron chi connectivity index (χ0n) is 23.9. The molecule has 0 radical (unpaired) electrons. The number of imidazole rings is 1. The standard InChI is InChI=1S/C37H24N6.Pt/c1-22-19-28-26-11-3-4-14-30(26)40-33(28)29(20-22)37-41-35-25(12-6-15-31(35)42(37)2)23-9-5-10-24(21-23)43-32-16-8-17-38-34(32)27-13-7-18-39-36(27)43;/h3-20H,1-2H3;/q-2;+2. The Bertz CT molecular complexity index is 2500. The second kappa shape index (κ2) is 10.0. The Labute approximate surface area is 267 Å². The molecular weight excluding hydrogens is 724 g/mol. The summed E-state index contributed by atoms with van der Waals surface area (Å²) in [4.78, 5) is 19.7. The molecule has 0 N–H and O–H groups in total. The average Bonchev–Trinajstić information content (AvgIpc) is 3.70. The quantitative estimate of drug-likeness (QED) is 0.171. The Hall–Kier alpha value is -5.06. The summed E-state index contributed by atoms with van der Waals surface area (Å²) in [5, 5.41) is 3.35. The Morgan fingerprint density at radius 1 is 0.705 bits per heavy atom. The number of hydrogen-bond acceptors (Lipinski definition) is 3. The molecule has 0 aliphatic rings. The molecule has 0 bridgehead atoms. The van der Waals surface area contributed by atoms with E-state index in [0.717, 1.165) is 77.7 Å². The monoisotopic (exact) mass is 747 g/mol. The molecular formula is C37H24N6Pt. The molecule has 6 nitrogen and oxygen atoms in total. The molecule has 9 aromatic rings. The van der Waals surface area contributed by atoms with Gasteiger partial charge in [-0.15, -0.1) is 40.9 Å². The normalized spacial score (nSPS) is 11.7. The maximum absolute atomic E-state index is 5.29. The van der Waals surface area contributed by atoms with E-state index < -0.39 is 0 Å². The van der Waals surface area contributed by atoms with Crippen LogP contribution in [0.5, 0.6) is 0 Å². The molecule has 0 amide bonds. The molecule has 0 saturated carbocycles. The van der Waals surface area contributed by atoms with Crippen molar-refractivity contribution in [1.29, 1.82) is 0 Å². The van der Waals surface area contributed by atoms with Gasteiger partial charge in [0.15, 0.2) is 0 Å². The van der Waals surface area contributed by atoms with Crippen molar-refractivity contribution in [3.8, 4) is 28.2 Å². The molecule has 0 aliphatic heterocycles. The van der Waals surface area contributed by atoms with Crippen LogP contribution in [0.15, 0.2) is 109 Å². The first kappa shape index (κ1) is 26.6. The number of pyridine rings is 2. The third-order valence-corrected chi connectivity index (χ3v) is 8.42. The van der Waals surface area contributed by atoms with Gasteiger partial charge in [-0.25, -0.2) is 9.97 Å². The van der Waals surface area contributed by atoms with Gasteiger partial charge < -0.3 is 14.1 Å². The molecule has 44 heavy (non-hydrogen) atoms. The van der Waals surface area contributed by atoms with Crippen molar-refractivity contribution in [2.45, 2.75) is 6.92 Å². The smallest absolute Gasteiger partial charge is 0.656 e. The minimum Gasteiger partial charge on any atom is -0.656 e. The summed E-state index contributed by atoms with van der Waals surface area (Å²) in [6.45, 7) is 2.14. The number of aryl methyl sites for hydroxylation is 2. The van der Waals surface area contributed by atoms with Crippen LogP contribution < -0.4 is 4.98 Å². The van der Waals surface area contributed by atoms with E-state index in [1.807, 2.05) is 30.6 Å². The van der Waals surface area contributed by atoms with E-state index in [9.17, 15) is 0 Å². The summed E-state index contributed by atoms with van der Waals surface area (Å²) in [6, 6.07) is 37.1. The predicted octanol–water partition coefficient (Wildman–Crippen LogP) is 8.16. The summed E-state index contributed by atoms with van der Waals surface area (Å²) in [6.07, 6.45) is 3.65. The molecule has 0 unspecified atom stereocenters. The van der Waals surface area contributed by atoms with Gasteiger partial charge in [-0.2, -0.15) is 0 Å². The zero-order chi connectivity index (χ0) is 28.7. The maximum Gasteiger partial charge on any atom is 2.00 e. The topological polar surface area (TPSA) is 62.6 Å². The minimum atomic E-state index is 0. The van der Waals surface area contributed by atoms with Gasteiger partial charge in [0, 0.05) is 30.4 Å². The van der Waals surface area contributed by atoms with E-state index >= 15 is 0 Å². The van der Waals surface area contributed by atoms with Crippen molar-refractivity contribution in [3.63, 3.8) is 0 Å². The molecule has 0 atom stereocenters. The maximum atomic E-state index is 5.29. The van der Waals surface area contributed by atoms with E-state index in [-0.39, 0.29) is 21.1 Å². The van der Waals surface area contributed by atoms with Gasteiger partial charge >= 0.3 is 21.1 Å². The Kier molecular flexibility index (Phi) is 6.04. The van der Waals surface area contributed by atoms with Crippen LogP contribution in [0.3, 0.4) is 0 Å². The number of hydrogen-bond donors (Lipinski definition) is 0. The largest absolute Gasteiger partial charge is 2.00 e. The fourth-order valence-corrected chi connectivity index (χ4v) is 6.51. The van der Waals surface area contributed by atoms with Gasteiger partial charge in [0.05, 0.1) is 22.1 Å². The molecule has 0 fully saturated rings. The summed E-state index contributed by atoms with van der Waals surface area (Å²) in [5.74, 6) is 0.896. The predicted molar refractivity (Wildman–Crippen MR) is 173 cm³/mol. The summed E-state index contributed by atoms with van der Waals surface area (Å²) >= 11 is 0. The van der Waals surface area contributed by atoms with Gasteiger partial charge in [0.25, 0.3) is 0 Å². The molecule has 212 valence electrons. The number of nitrogens with zero attached hydrogens (tertiary/aromatic N) is 6. The minimum absolute atomic E-state index is 0. The fourth-order valence-electron chi connectivity index (χ4n) is 6.51. The van der Waals surface area contributed by atoms with Crippen molar-refractivity contribution in [2.75, 3.05) is 0 Å². The van der Waals surface area contributed by atoms with Gasteiger partial charge in [-0.3, -0.25) is 4.98 Å². The van der Waals surface area contributed by atoms with Gasteiger partial charge in [-0.05, 0) is 65.3 Å². The van der Waals surface area contributed by atoms with Gasteiger partial charge in [-0.1, -0.05) is 48.0 Å². The Morgan fingerprint density at radius 2 is 1.50 bits per heavy atom. The molecule has 4 aromatic carbocycles. The van der Waals surface area contributed by atoms with E-state index in [0.29, 0.717) is 0 Å². The van der Waals surface area contributed by atoms with Crippen LogP contribution in [0.25, 0.3) is 83.1 Å². The van der Waals surface area contributed by atoms with Crippen molar-refractivity contribution in [3.05, 3.63) is 121 Å². The SMILES string of the molecule is Cc1cc(-c2nc3c(-c4[c-]c(-n5c6cccnc6c6cccnc65)ccc4)cccc3n2C)c2[n-]c3ccccc3c2c1.[Pt+2]. The average molecular weight is 748 g/mol. The van der Waals surface area contributed by atoms with Crippen LogP contribution in [-0.2, 0) is 28.1 Å². The number of rotatable bonds is 3. The van der Waals surface area contributed by atoms with Crippen LogP contribution in [0, 0.1) is 13.0 Å². The number of benzene rings is 4. The molecule has 9 rings (SSSR count). The molecule has 0 saturated heterocycles. The number of fused-ring (bicyclic) bond motifs is 7. The van der Waals surface area contributed by atoms with Crippen LogP contribution in [0.4, 0.5) is 0 Å². The molecule has 0 aliphatic carbocycles. The Morgan fingerprint density at radius 3 is 2.43 bits per heavy atom. The molecule has 5 aromatic heterocycles. The third-order valence-electron chi connectivity index (χ3n) is 8.42. The number of aromatic nitrogens is 6. The van der Waals surface area contributed by atoms with Crippen LogP contribution in [0.1, 0.15) is 5.56 Å². The zero-order valence-corrected chi connectivity index (χ0v) is 26.2. The van der Waals surface area contributed by atoms with E-state index in [4.69, 9.17) is 15.0 Å². The molecule has 7 heteroatoms. The summed E-state index contributed by atoms with van der Waals surface area (Å²) < 4.78 is 4.32. The van der Waals surface area contributed by atoms with Crippen LogP contribution in [0.2, 0.25) is 0 Å². The first-order valence-electron chi connectivity index (χ1n) is 14.3. The number of para-hydroxylation sites is 2. The van der Waals surface area contributed by atoms with Crippen molar-refractivity contribution < 1.29 is 21.1 Å². The second-order valence-corrected chi connectivity index (χ2v) is 11.0. The van der Waals surface area contributed by atoms with Crippen molar-refractivity contribution >= 4 is 54.9 Å². The molecule has 5 heterocycles. The van der Waals surface area contributed by atoms with E-state index in [1.54, 1.807) is 0 Å². The van der Waals surface area contributed by atoms with Crippen LogP contribution >= 0.6 is 0 Å². The second-order valence-electron chi connectivity index (χ2n) is 11.0. The first-order valence-corrected chi connectivity index (χ1v) is 14.3. The van der Waals surface area contributed by atoms with Crippen molar-refractivity contribution in [2.24, 2.45) is 7.05 Å². The van der Waals surface area contributed by atoms with Gasteiger partial charge in [0.2, 0.25) is 0 Å². The van der Waals surface area contributed by atoms with E-state index in [1.165, 1.54) is 10.9 Å². The first-order chi connectivity index (χ1) is 21.2. The fraction of sp³-hybridized carbons (Fsp3) is 0.0541. The van der Waals surface area contributed by atoms with E-state index in [2.05, 4.69) is 113 Å².